The fourth-order valence-electron chi connectivity index (χ4n) is 1.47. The first-order chi connectivity index (χ1) is 7.91. The van der Waals surface area contributed by atoms with Crippen molar-refractivity contribution in [3.8, 4) is 0 Å². The van der Waals surface area contributed by atoms with Crippen LogP contribution in [0.15, 0.2) is 24.3 Å². The highest BCUT2D eigenvalue weighted by Crippen LogP contribution is 2.17. The van der Waals surface area contributed by atoms with Gasteiger partial charge in [-0.05, 0) is 24.6 Å². The number of carbonyl (C=O) groups excluding carboxylic acids is 3. The number of carbonyl (C=O) groups is 3. The van der Waals surface area contributed by atoms with Crippen molar-refractivity contribution in [1.82, 2.24) is 5.32 Å². The number of hydrogen-bond acceptors (Lipinski definition) is 3. The van der Waals surface area contributed by atoms with E-state index in [1.807, 2.05) is 5.32 Å². The number of rotatable bonds is 3. The zero-order valence-corrected chi connectivity index (χ0v) is 9.49. The Bertz CT molecular complexity index is 453. The second-order valence-electron chi connectivity index (χ2n) is 3.64. The normalized spacial score (nSPS) is 11.7. The second kappa shape index (κ2) is 5.34. The lowest BCUT2D eigenvalue weighted by atomic mass is 9.94. The van der Waals surface area contributed by atoms with E-state index in [1.165, 1.54) is 26.0 Å². The maximum Gasteiger partial charge on any atom is 0.241 e. The number of nitrogens with one attached hydrogen (secondary N) is 1. The van der Waals surface area contributed by atoms with Gasteiger partial charge in [-0.1, -0.05) is 12.1 Å². The molecular weight excluding hydrogens is 225 g/mol. The van der Waals surface area contributed by atoms with Crippen LogP contribution in [0, 0.1) is 5.82 Å². The van der Waals surface area contributed by atoms with Gasteiger partial charge < -0.3 is 0 Å². The van der Waals surface area contributed by atoms with E-state index in [4.69, 9.17) is 0 Å². The molecule has 0 fully saturated rings. The number of hydrogen-bond donors (Lipinski definition) is 1. The van der Waals surface area contributed by atoms with Crippen LogP contribution in [-0.2, 0) is 14.4 Å². The van der Waals surface area contributed by atoms with E-state index < -0.39 is 29.3 Å². The van der Waals surface area contributed by atoms with Crippen molar-refractivity contribution in [3.05, 3.63) is 35.6 Å². The fraction of sp³-hybridized carbons (Fsp3) is 0.250. The average Bonchev–Trinajstić information content (AvgIpc) is 2.19. The summed E-state index contributed by atoms with van der Waals surface area (Å²) in [6, 6.07) is 5.01. The van der Waals surface area contributed by atoms with Crippen LogP contribution in [0.4, 0.5) is 4.39 Å². The third kappa shape index (κ3) is 3.48. The Morgan fingerprint density at radius 3 is 2.06 bits per heavy atom. The molecule has 0 radical (unpaired) electrons. The van der Waals surface area contributed by atoms with Gasteiger partial charge in [0.25, 0.3) is 0 Å². The van der Waals surface area contributed by atoms with Crippen molar-refractivity contribution in [3.63, 3.8) is 0 Å². The number of amides is 2. The van der Waals surface area contributed by atoms with Gasteiger partial charge in [0.1, 0.15) is 17.5 Å². The minimum absolute atomic E-state index is 0.359. The third-order valence-electron chi connectivity index (χ3n) is 2.17. The maximum atomic E-state index is 12.7. The molecule has 0 spiro atoms. The Morgan fingerprint density at radius 1 is 1.12 bits per heavy atom. The van der Waals surface area contributed by atoms with Gasteiger partial charge in [0.15, 0.2) is 0 Å². The van der Waals surface area contributed by atoms with Gasteiger partial charge >= 0.3 is 0 Å². The Hall–Kier alpha value is -2.04. The van der Waals surface area contributed by atoms with E-state index in [-0.39, 0.29) is 0 Å². The summed E-state index contributed by atoms with van der Waals surface area (Å²) < 4.78 is 12.7. The molecule has 0 aliphatic heterocycles. The summed E-state index contributed by atoms with van der Waals surface area (Å²) in [7, 11) is 0. The molecule has 0 aliphatic carbocycles. The van der Waals surface area contributed by atoms with Gasteiger partial charge in [0.05, 0.1) is 0 Å². The first kappa shape index (κ1) is 13.0. The molecule has 5 heteroatoms. The smallest absolute Gasteiger partial charge is 0.241 e. The first-order valence-electron chi connectivity index (χ1n) is 4.99. The molecule has 17 heavy (non-hydrogen) atoms. The van der Waals surface area contributed by atoms with Gasteiger partial charge in [-0.3, -0.25) is 19.7 Å². The summed E-state index contributed by atoms with van der Waals surface area (Å²) in [5.74, 6) is -3.18. The molecule has 2 amide bonds. The number of imide groups is 1. The number of halogens is 1. The highest BCUT2D eigenvalue weighted by molar-refractivity contribution is 6.10. The van der Waals surface area contributed by atoms with E-state index in [1.54, 1.807) is 0 Å². The van der Waals surface area contributed by atoms with Gasteiger partial charge in [0, 0.05) is 6.92 Å². The van der Waals surface area contributed by atoms with Gasteiger partial charge in [-0.25, -0.2) is 4.39 Å². The first-order valence-corrected chi connectivity index (χ1v) is 4.99. The summed E-state index contributed by atoms with van der Waals surface area (Å²) in [5.41, 5.74) is 0.359. The molecule has 0 saturated heterocycles. The quantitative estimate of drug-likeness (QED) is 0.802. The Kier molecular flexibility index (Phi) is 4.09. The van der Waals surface area contributed by atoms with Crippen LogP contribution in [0.5, 0.6) is 0 Å². The van der Waals surface area contributed by atoms with Crippen molar-refractivity contribution in [1.29, 1.82) is 0 Å². The summed E-state index contributed by atoms with van der Waals surface area (Å²) in [4.78, 5) is 33.8. The minimum Gasteiger partial charge on any atom is -0.299 e. The largest absolute Gasteiger partial charge is 0.299 e. The molecule has 1 unspecified atom stereocenters. The highest BCUT2D eigenvalue weighted by atomic mass is 19.1. The van der Waals surface area contributed by atoms with Gasteiger partial charge in [0.2, 0.25) is 11.8 Å². The molecule has 1 N–H and O–H groups in total. The molecule has 0 saturated carbocycles. The molecule has 1 rings (SSSR count). The summed E-state index contributed by atoms with van der Waals surface area (Å²) in [6.45, 7) is 2.42. The van der Waals surface area contributed by atoms with Gasteiger partial charge in [-0.15, -0.1) is 0 Å². The molecule has 1 aromatic rings. The lowest BCUT2D eigenvalue weighted by molar-refractivity contribution is -0.133. The van der Waals surface area contributed by atoms with E-state index in [9.17, 15) is 18.8 Å². The average molecular weight is 237 g/mol. The lowest BCUT2D eigenvalue weighted by Gasteiger charge is -2.12. The zero-order valence-electron chi connectivity index (χ0n) is 9.49. The Balaban J connectivity index is 3.01. The summed E-state index contributed by atoms with van der Waals surface area (Å²) >= 11 is 0. The lowest BCUT2D eigenvalue weighted by Crippen LogP contribution is -2.35. The minimum atomic E-state index is -1.08. The van der Waals surface area contributed by atoms with E-state index in [2.05, 4.69) is 0 Å². The van der Waals surface area contributed by atoms with Crippen molar-refractivity contribution in [2.45, 2.75) is 19.8 Å². The molecule has 1 aromatic carbocycles. The van der Waals surface area contributed by atoms with Gasteiger partial charge in [-0.2, -0.15) is 0 Å². The van der Waals surface area contributed by atoms with Crippen LogP contribution >= 0.6 is 0 Å². The van der Waals surface area contributed by atoms with Crippen LogP contribution in [0.3, 0.4) is 0 Å². The zero-order chi connectivity index (χ0) is 13.0. The Labute approximate surface area is 97.8 Å². The highest BCUT2D eigenvalue weighted by Gasteiger charge is 2.25. The molecule has 1 atom stereocenters. The predicted octanol–water partition coefficient (Wildman–Crippen LogP) is 1.16. The van der Waals surface area contributed by atoms with Crippen molar-refractivity contribution in [2.75, 3.05) is 0 Å². The van der Waals surface area contributed by atoms with Crippen molar-refractivity contribution < 1.29 is 18.8 Å². The predicted molar refractivity (Wildman–Crippen MR) is 58.6 cm³/mol. The molecule has 0 aliphatic rings. The van der Waals surface area contributed by atoms with E-state index in [0.717, 1.165) is 12.1 Å². The number of ketones is 1. The molecule has 0 bridgehead atoms. The van der Waals surface area contributed by atoms with Crippen LogP contribution in [-0.4, -0.2) is 17.6 Å². The fourth-order valence-corrected chi connectivity index (χ4v) is 1.47. The van der Waals surface area contributed by atoms with Crippen molar-refractivity contribution >= 4 is 17.6 Å². The SMILES string of the molecule is CC(=O)NC(=O)C(C(C)=O)c1ccc(F)cc1. The monoisotopic (exact) mass is 237 g/mol. The number of benzene rings is 1. The summed E-state index contributed by atoms with van der Waals surface area (Å²) in [6.07, 6.45) is 0. The molecular formula is C12H12FNO3. The van der Waals surface area contributed by atoms with Crippen LogP contribution in [0.2, 0.25) is 0 Å². The standard InChI is InChI=1S/C12H12FNO3/c1-7(15)11(12(17)14-8(2)16)9-3-5-10(13)6-4-9/h3-6,11H,1-2H3,(H,14,16,17). The van der Waals surface area contributed by atoms with Crippen molar-refractivity contribution in [2.24, 2.45) is 0 Å². The van der Waals surface area contributed by atoms with E-state index in [0.29, 0.717) is 5.56 Å². The number of Topliss-reactive ketones (excluding diaryl/α,β-unsaturated/α-hetero) is 1. The second-order valence-corrected chi connectivity index (χ2v) is 3.64. The van der Waals surface area contributed by atoms with E-state index >= 15 is 0 Å². The molecule has 0 aromatic heterocycles. The Morgan fingerprint density at radius 2 is 1.65 bits per heavy atom. The van der Waals surface area contributed by atoms with Crippen LogP contribution < -0.4 is 5.32 Å². The third-order valence-corrected chi connectivity index (χ3v) is 2.17. The molecule has 4 nitrogen and oxygen atoms in total. The molecule has 0 heterocycles. The van der Waals surface area contributed by atoms with Crippen LogP contribution in [0.1, 0.15) is 25.3 Å². The maximum absolute atomic E-state index is 12.7. The topological polar surface area (TPSA) is 63.2 Å². The van der Waals surface area contributed by atoms with Crippen LogP contribution in [0.25, 0.3) is 0 Å². The molecule has 90 valence electrons. The summed E-state index contributed by atoms with van der Waals surface area (Å²) in [5, 5.41) is 2.04.